The zero-order valence-corrected chi connectivity index (χ0v) is 22.7. The Hall–Kier alpha value is -3.79. The molecule has 1 saturated carbocycles. The van der Waals surface area contributed by atoms with Gasteiger partial charge in [-0.15, -0.1) is 24.5 Å². The maximum Gasteiger partial charge on any atom is 0.573 e. The van der Waals surface area contributed by atoms with Gasteiger partial charge in [0, 0.05) is 18.7 Å². The van der Waals surface area contributed by atoms with Crippen LogP contribution < -0.4 is 21.1 Å². The number of aliphatic hydroxyl groups excluding tert-OH is 3. The molecule has 0 saturated heterocycles. The fraction of sp³-hybridized carbons (Fsp3) is 0.385. The van der Waals surface area contributed by atoms with Crippen LogP contribution in [-0.4, -0.2) is 66.5 Å². The number of rotatable bonds is 8. The zero-order chi connectivity index (χ0) is 29.5. The molecule has 1 unspecified atom stereocenters. The number of aromatic nitrogens is 4. The average molecular weight is 592 g/mol. The number of nitrogens with zero attached hydrogens (tertiary/aromatic N) is 4. The van der Waals surface area contributed by atoms with Crippen molar-refractivity contribution in [1.82, 2.24) is 19.9 Å². The Morgan fingerprint density at radius 3 is 2.49 bits per heavy atom. The van der Waals surface area contributed by atoms with E-state index in [1.54, 1.807) is 26.1 Å². The number of halogens is 3. The van der Waals surface area contributed by atoms with Crippen LogP contribution in [0.2, 0.25) is 0 Å². The molecule has 4 aromatic rings. The van der Waals surface area contributed by atoms with E-state index in [4.69, 9.17) is 5.73 Å². The highest BCUT2D eigenvalue weighted by Gasteiger charge is 2.41. The summed E-state index contributed by atoms with van der Waals surface area (Å²) in [6.45, 7) is 3.28. The first-order chi connectivity index (χ1) is 19.4. The maximum absolute atomic E-state index is 12.5. The maximum atomic E-state index is 12.5. The first kappa shape index (κ1) is 28.7. The third kappa shape index (κ3) is 6.12. The summed E-state index contributed by atoms with van der Waals surface area (Å²) < 4.78 is 42.3. The van der Waals surface area contributed by atoms with Crippen molar-refractivity contribution >= 4 is 39.1 Å². The first-order valence-corrected chi connectivity index (χ1v) is 13.5. The molecule has 15 heteroatoms. The van der Waals surface area contributed by atoms with Crippen molar-refractivity contribution in [1.29, 1.82) is 0 Å². The minimum Gasteiger partial charge on any atom is -0.406 e. The number of nitrogens with two attached hydrogens (primary N) is 1. The van der Waals surface area contributed by atoms with Gasteiger partial charge in [-0.05, 0) is 44.0 Å². The SMILES string of the molecule is Cc1nc(N[C@H](C)c2ccc(OC(F)(F)F)cc2)nc(NC2C[C@H](CO)[C@@H](O)[C@H]2O)c1-c1nc2c(N)nccc2s1. The Bertz CT molecular complexity index is 1540. The van der Waals surface area contributed by atoms with E-state index in [-0.39, 0.29) is 24.1 Å². The number of ether oxygens (including phenoxy) is 1. The van der Waals surface area contributed by atoms with Crippen LogP contribution in [0.25, 0.3) is 20.8 Å². The number of alkyl halides is 3. The Balaban J connectivity index is 1.48. The van der Waals surface area contributed by atoms with Gasteiger partial charge in [0.1, 0.15) is 28.2 Å². The Morgan fingerprint density at radius 1 is 1.12 bits per heavy atom. The molecule has 5 rings (SSSR count). The molecule has 5 atom stereocenters. The predicted octanol–water partition coefficient (Wildman–Crippen LogP) is 3.63. The van der Waals surface area contributed by atoms with Crippen molar-refractivity contribution in [2.24, 2.45) is 5.92 Å². The quantitative estimate of drug-likeness (QED) is 0.177. The molecule has 3 aromatic heterocycles. The van der Waals surface area contributed by atoms with Crippen molar-refractivity contribution in [3.05, 3.63) is 47.8 Å². The smallest absolute Gasteiger partial charge is 0.406 e. The van der Waals surface area contributed by atoms with E-state index >= 15 is 0 Å². The van der Waals surface area contributed by atoms with Crippen LogP contribution >= 0.6 is 11.3 Å². The van der Waals surface area contributed by atoms with Crippen LogP contribution in [-0.2, 0) is 0 Å². The summed E-state index contributed by atoms with van der Waals surface area (Å²) in [7, 11) is 0. The van der Waals surface area contributed by atoms with Crippen LogP contribution in [0.4, 0.5) is 30.8 Å². The second kappa shape index (κ2) is 11.2. The lowest BCUT2D eigenvalue weighted by atomic mass is 10.1. The van der Waals surface area contributed by atoms with Gasteiger partial charge in [-0.2, -0.15) is 4.98 Å². The molecule has 1 aromatic carbocycles. The lowest BCUT2D eigenvalue weighted by molar-refractivity contribution is -0.274. The molecule has 11 nitrogen and oxygen atoms in total. The van der Waals surface area contributed by atoms with Crippen LogP contribution in [0.15, 0.2) is 36.5 Å². The Morgan fingerprint density at radius 2 is 1.85 bits per heavy atom. The molecule has 1 aliphatic carbocycles. The molecule has 7 N–H and O–H groups in total. The molecule has 1 aliphatic rings. The van der Waals surface area contributed by atoms with Gasteiger partial charge in [0.2, 0.25) is 5.95 Å². The first-order valence-electron chi connectivity index (χ1n) is 12.7. The molecule has 0 bridgehead atoms. The van der Waals surface area contributed by atoms with Crippen molar-refractivity contribution in [3.8, 4) is 16.3 Å². The van der Waals surface area contributed by atoms with Gasteiger partial charge >= 0.3 is 6.36 Å². The van der Waals surface area contributed by atoms with E-state index in [2.05, 4.69) is 35.3 Å². The van der Waals surface area contributed by atoms with E-state index in [9.17, 15) is 28.5 Å². The van der Waals surface area contributed by atoms with E-state index in [1.807, 2.05) is 0 Å². The van der Waals surface area contributed by atoms with Crippen molar-refractivity contribution in [2.75, 3.05) is 23.0 Å². The predicted molar refractivity (Wildman–Crippen MR) is 147 cm³/mol. The normalized spacial score (nSPS) is 21.7. The minimum absolute atomic E-state index is 0.214. The fourth-order valence-corrected chi connectivity index (χ4v) is 5.91. The number of benzene rings is 1. The summed E-state index contributed by atoms with van der Waals surface area (Å²) in [6, 6.07) is 6.22. The topological polar surface area (TPSA) is 172 Å². The molecular weight excluding hydrogens is 563 g/mol. The number of nitrogens with one attached hydrogen (secondary N) is 2. The number of pyridine rings is 1. The van der Waals surface area contributed by atoms with Gasteiger partial charge < -0.3 is 36.4 Å². The molecule has 41 heavy (non-hydrogen) atoms. The fourth-order valence-electron chi connectivity index (χ4n) is 4.84. The number of fused-ring (bicyclic) bond motifs is 1. The van der Waals surface area contributed by atoms with Crippen molar-refractivity contribution < 1.29 is 33.2 Å². The van der Waals surface area contributed by atoms with Gasteiger partial charge in [-0.25, -0.2) is 15.0 Å². The third-order valence-electron chi connectivity index (χ3n) is 6.96. The molecule has 0 spiro atoms. The Kier molecular flexibility index (Phi) is 7.87. The Labute approximate surface area is 236 Å². The van der Waals surface area contributed by atoms with Gasteiger partial charge in [0.25, 0.3) is 0 Å². The van der Waals surface area contributed by atoms with Gasteiger partial charge in [0.05, 0.1) is 34.1 Å². The molecule has 0 amide bonds. The minimum atomic E-state index is -4.78. The van der Waals surface area contributed by atoms with E-state index < -0.39 is 36.6 Å². The summed E-state index contributed by atoms with van der Waals surface area (Å²) >= 11 is 1.36. The van der Waals surface area contributed by atoms with Crippen LogP contribution in [0.1, 0.15) is 30.6 Å². The highest BCUT2D eigenvalue weighted by Crippen LogP contribution is 2.39. The second-order valence-corrected chi connectivity index (χ2v) is 10.8. The summed E-state index contributed by atoms with van der Waals surface area (Å²) in [4.78, 5) is 18.0. The number of thiazole rings is 1. The largest absolute Gasteiger partial charge is 0.573 e. The molecule has 0 radical (unpaired) electrons. The number of aryl methyl sites for hydroxylation is 1. The number of anilines is 3. The zero-order valence-electron chi connectivity index (χ0n) is 21.9. The summed E-state index contributed by atoms with van der Waals surface area (Å²) in [5.74, 6) is -0.0184. The lowest BCUT2D eigenvalue weighted by Gasteiger charge is -2.22. The molecule has 0 aliphatic heterocycles. The van der Waals surface area contributed by atoms with E-state index in [0.29, 0.717) is 39.6 Å². The molecular formula is C26H28F3N7O4S. The van der Waals surface area contributed by atoms with Gasteiger partial charge in [0.15, 0.2) is 5.82 Å². The lowest BCUT2D eigenvalue weighted by Crippen LogP contribution is -2.35. The summed E-state index contributed by atoms with van der Waals surface area (Å²) in [5.41, 5.74) is 8.32. The molecule has 3 heterocycles. The van der Waals surface area contributed by atoms with Crippen molar-refractivity contribution in [3.63, 3.8) is 0 Å². The number of aliphatic hydroxyl groups is 3. The average Bonchev–Trinajstić information content (AvgIpc) is 3.45. The molecule has 1 fully saturated rings. The second-order valence-electron chi connectivity index (χ2n) is 9.81. The standard InChI is InChI=1S/C26H28F3N7O4S/c1-11(13-3-5-15(6-4-13)40-26(27,28)29)32-25-33-12(2)18(24-35-19-17(41-24)7-8-31-22(19)30)23(36-25)34-16-9-14(10-37)20(38)21(16)39/h3-8,11,14,16,20-21,37-39H,9-10H2,1-2H3,(H2,30,31)(H2,32,33,34,36)/t11-,14-,16?,20-,21+/m1/s1. The van der Waals surface area contributed by atoms with E-state index in [1.165, 1.54) is 35.6 Å². The van der Waals surface area contributed by atoms with Crippen LogP contribution in [0.3, 0.4) is 0 Å². The highest BCUT2D eigenvalue weighted by atomic mass is 32.1. The molecule has 218 valence electrons. The van der Waals surface area contributed by atoms with Crippen LogP contribution in [0.5, 0.6) is 5.75 Å². The number of hydrogen-bond acceptors (Lipinski definition) is 12. The monoisotopic (exact) mass is 591 g/mol. The highest BCUT2D eigenvalue weighted by molar-refractivity contribution is 7.21. The summed E-state index contributed by atoms with van der Waals surface area (Å²) in [5, 5.41) is 37.6. The van der Waals surface area contributed by atoms with E-state index in [0.717, 1.165) is 4.70 Å². The van der Waals surface area contributed by atoms with Crippen LogP contribution in [0, 0.1) is 12.8 Å². The van der Waals surface area contributed by atoms with Gasteiger partial charge in [-0.3, -0.25) is 0 Å². The summed E-state index contributed by atoms with van der Waals surface area (Å²) in [6.07, 6.45) is -5.17. The van der Waals surface area contributed by atoms with Gasteiger partial charge in [-0.1, -0.05) is 12.1 Å². The number of hydrogen-bond donors (Lipinski definition) is 6. The third-order valence-corrected chi connectivity index (χ3v) is 8.00. The number of nitrogen functional groups attached to an aromatic ring is 1. The van der Waals surface area contributed by atoms with Crippen molar-refractivity contribution in [2.45, 2.75) is 50.9 Å².